The van der Waals surface area contributed by atoms with Crippen molar-refractivity contribution in [1.29, 1.82) is 0 Å². The number of aromatic nitrogens is 3. The van der Waals surface area contributed by atoms with Crippen LogP contribution in [-0.2, 0) is 16.0 Å². The fourth-order valence-corrected chi connectivity index (χ4v) is 5.04. The number of benzene rings is 1. The minimum atomic E-state index is -0.353. The van der Waals surface area contributed by atoms with Gasteiger partial charge in [-0.15, -0.1) is 10.2 Å². The summed E-state index contributed by atoms with van der Waals surface area (Å²) in [5.74, 6) is 1.33. The molecule has 1 saturated carbocycles. The number of aryl methyl sites for hydroxylation is 3. The van der Waals surface area contributed by atoms with Crippen LogP contribution in [0.25, 0.3) is 0 Å². The maximum Gasteiger partial charge on any atom is 0.230 e. The molecule has 1 aliphatic heterocycles. The Balaban J connectivity index is 1.59. The summed E-state index contributed by atoms with van der Waals surface area (Å²) in [5, 5.41) is 12.3. The Morgan fingerprint density at radius 3 is 2.47 bits per heavy atom. The number of likely N-dealkylation sites (tertiary alicyclic amines) is 1. The number of anilines is 1. The second-order valence-electron chi connectivity index (χ2n) is 11.4. The predicted molar refractivity (Wildman–Crippen MR) is 134 cm³/mol. The molecule has 2 aliphatic rings. The van der Waals surface area contributed by atoms with Crippen LogP contribution in [-0.4, -0.2) is 44.6 Å². The van der Waals surface area contributed by atoms with Gasteiger partial charge in [0.1, 0.15) is 11.6 Å². The van der Waals surface area contributed by atoms with Gasteiger partial charge in [-0.05, 0) is 56.6 Å². The lowest BCUT2D eigenvalue weighted by Crippen LogP contribution is -2.31. The molecule has 0 spiro atoms. The van der Waals surface area contributed by atoms with E-state index in [4.69, 9.17) is 0 Å². The molecule has 1 aromatic heterocycles. The van der Waals surface area contributed by atoms with E-state index in [0.717, 1.165) is 60.6 Å². The number of amides is 2. The highest BCUT2D eigenvalue weighted by atomic mass is 16.2. The predicted octanol–water partition coefficient (Wildman–Crippen LogP) is 4.80. The quantitative estimate of drug-likeness (QED) is 0.637. The van der Waals surface area contributed by atoms with Gasteiger partial charge in [-0.25, -0.2) is 0 Å². The Morgan fingerprint density at radius 1 is 1.12 bits per heavy atom. The Labute approximate surface area is 203 Å². The molecule has 1 aromatic carbocycles. The highest BCUT2D eigenvalue weighted by Gasteiger charge is 2.44. The van der Waals surface area contributed by atoms with Crippen molar-refractivity contribution in [1.82, 2.24) is 19.7 Å². The van der Waals surface area contributed by atoms with E-state index in [1.54, 1.807) is 11.8 Å². The molecular formula is C27H39N5O2. The molecule has 2 atom stereocenters. The van der Waals surface area contributed by atoms with E-state index in [0.29, 0.717) is 19.1 Å². The van der Waals surface area contributed by atoms with Crippen LogP contribution in [0.15, 0.2) is 18.2 Å². The molecule has 0 unspecified atom stereocenters. The van der Waals surface area contributed by atoms with Gasteiger partial charge in [0.25, 0.3) is 0 Å². The lowest BCUT2D eigenvalue weighted by atomic mass is 9.90. The number of nitrogens with one attached hydrogen (secondary N) is 1. The first kappa shape index (κ1) is 24.4. The van der Waals surface area contributed by atoms with E-state index in [9.17, 15) is 9.59 Å². The Morgan fingerprint density at radius 2 is 1.85 bits per heavy atom. The molecular weight excluding hydrogens is 426 g/mol. The molecule has 2 heterocycles. The molecule has 1 saturated heterocycles. The van der Waals surface area contributed by atoms with E-state index in [1.165, 1.54) is 0 Å². The zero-order valence-corrected chi connectivity index (χ0v) is 21.5. The summed E-state index contributed by atoms with van der Waals surface area (Å²) in [6.45, 7) is 13.3. The average Bonchev–Trinajstić information content (AvgIpc) is 3.33. The van der Waals surface area contributed by atoms with Gasteiger partial charge >= 0.3 is 0 Å². The first-order valence-electron chi connectivity index (χ1n) is 12.6. The molecule has 2 amide bonds. The van der Waals surface area contributed by atoms with Gasteiger partial charge in [0, 0.05) is 38.2 Å². The Bertz CT molecular complexity index is 1060. The molecule has 34 heavy (non-hydrogen) atoms. The van der Waals surface area contributed by atoms with Gasteiger partial charge in [-0.1, -0.05) is 38.5 Å². The summed E-state index contributed by atoms with van der Waals surface area (Å²) in [6.07, 6.45) is 5.33. The number of carbonyl (C=O) groups excluding carboxylic acids is 2. The lowest BCUT2D eigenvalue weighted by Gasteiger charge is -2.20. The van der Waals surface area contributed by atoms with Crippen molar-refractivity contribution in [3.8, 4) is 0 Å². The van der Waals surface area contributed by atoms with Crippen molar-refractivity contribution < 1.29 is 9.59 Å². The molecule has 2 fully saturated rings. The second-order valence-corrected chi connectivity index (χ2v) is 11.4. The van der Waals surface area contributed by atoms with Gasteiger partial charge < -0.3 is 14.8 Å². The van der Waals surface area contributed by atoms with Crippen molar-refractivity contribution in [2.75, 3.05) is 18.4 Å². The average molecular weight is 466 g/mol. The van der Waals surface area contributed by atoms with Crippen LogP contribution in [0.1, 0.15) is 88.1 Å². The van der Waals surface area contributed by atoms with Crippen LogP contribution >= 0.6 is 0 Å². The summed E-state index contributed by atoms with van der Waals surface area (Å²) in [4.78, 5) is 27.5. The van der Waals surface area contributed by atoms with Gasteiger partial charge in [0.15, 0.2) is 0 Å². The molecule has 184 valence electrons. The van der Waals surface area contributed by atoms with Crippen molar-refractivity contribution in [3.05, 3.63) is 41.0 Å². The zero-order valence-electron chi connectivity index (χ0n) is 21.5. The number of carbonyl (C=O) groups is 2. The first-order chi connectivity index (χ1) is 16.0. The van der Waals surface area contributed by atoms with Crippen LogP contribution in [0.3, 0.4) is 0 Å². The fourth-order valence-electron chi connectivity index (χ4n) is 5.04. The molecule has 0 radical (unpaired) electrons. The van der Waals surface area contributed by atoms with Crippen LogP contribution in [0.5, 0.6) is 0 Å². The molecule has 4 rings (SSSR count). The third kappa shape index (κ3) is 5.50. The number of rotatable bonds is 7. The molecule has 7 heteroatoms. The maximum atomic E-state index is 13.5. The number of hydrogen-bond acceptors (Lipinski definition) is 4. The van der Waals surface area contributed by atoms with E-state index in [1.807, 2.05) is 26.0 Å². The second kappa shape index (κ2) is 9.51. The van der Waals surface area contributed by atoms with Gasteiger partial charge in [0.2, 0.25) is 11.8 Å². The van der Waals surface area contributed by atoms with E-state index < -0.39 is 0 Å². The van der Waals surface area contributed by atoms with E-state index in [2.05, 4.69) is 46.9 Å². The number of nitrogens with zero attached hydrogens (tertiary/aromatic N) is 4. The number of hydrogen-bond donors (Lipinski definition) is 1. The third-order valence-corrected chi connectivity index (χ3v) is 7.11. The first-order valence-corrected chi connectivity index (χ1v) is 12.6. The SMILES string of the molecule is CC(=O)N1C[C@@H](C(=O)Nc2ccc(C)cc2C)[C@H](c2nnc(CCCC(C)(C)C)n2C2CC2)C1. The van der Waals surface area contributed by atoms with Crippen molar-refractivity contribution in [3.63, 3.8) is 0 Å². The maximum absolute atomic E-state index is 13.5. The van der Waals surface area contributed by atoms with E-state index in [-0.39, 0.29) is 29.1 Å². The largest absolute Gasteiger partial charge is 0.341 e. The molecule has 7 nitrogen and oxygen atoms in total. The lowest BCUT2D eigenvalue weighted by molar-refractivity contribution is -0.128. The Kier molecular flexibility index (Phi) is 6.83. The fraction of sp³-hybridized carbons (Fsp3) is 0.630. The highest BCUT2D eigenvalue weighted by Crippen LogP contribution is 2.41. The van der Waals surface area contributed by atoms with Crippen molar-refractivity contribution in [2.45, 2.75) is 85.6 Å². The molecule has 1 aliphatic carbocycles. The normalized spacial score (nSPS) is 20.6. The summed E-state index contributed by atoms with van der Waals surface area (Å²) in [6, 6.07) is 6.44. The topological polar surface area (TPSA) is 80.1 Å². The van der Waals surface area contributed by atoms with Crippen molar-refractivity contribution in [2.24, 2.45) is 11.3 Å². The van der Waals surface area contributed by atoms with E-state index >= 15 is 0 Å². The molecule has 2 aromatic rings. The molecule has 1 N–H and O–H groups in total. The highest BCUT2D eigenvalue weighted by molar-refractivity contribution is 5.94. The summed E-state index contributed by atoms with van der Waals surface area (Å²) >= 11 is 0. The van der Waals surface area contributed by atoms with Crippen molar-refractivity contribution >= 4 is 17.5 Å². The molecule has 0 bridgehead atoms. The van der Waals surface area contributed by atoms with Gasteiger partial charge in [0.05, 0.1) is 11.8 Å². The standard InChI is InChI=1S/C27H39N5O2/c1-17-9-12-23(18(2)14-17)28-26(34)22-16-31(19(3)33)15-21(22)25-30-29-24(32(25)20-10-11-20)8-7-13-27(4,5)6/h9,12,14,20-22H,7-8,10-11,13,15-16H2,1-6H3,(H,28,34)/t21-,22-/m1/s1. The Hall–Kier alpha value is -2.70. The smallest absolute Gasteiger partial charge is 0.230 e. The van der Waals surface area contributed by atoms with Crippen LogP contribution in [0.4, 0.5) is 5.69 Å². The monoisotopic (exact) mass is 465 g/mol. The minimum Gasteiger partial charge on any atom is -0.341 e. The summed E-state index contributed by atoms with van der Waals surface area (Å²) in [7, 11) is 0. The third-order valence-electron chi connectivity index (χ3n) is 7.11. The van der Waals surface area contributed by atoms with Gasteiger partial charge in [-0.2, -0.15) is 0 Å². The van der Waals surface area contributed by atoms with Crippen LogP contribution in [0, 0.1) is 25.2 Å². The van der Waals surface area contributed by atoms with Crippen LogP contribution in [0.2, 0.25) is 0 Å². The zero-order chi connectivity index (χ0) is 24.6. The van der Waals surface area contributed by atoms with Crippen LogP contribution < -0.4 is 5.32 Å². The summed E-state index contributed by atoms with van der Waals surface area (Å²) in [5.41, 5.74) is 3.31. The minimum absolute atomic E-state index is 0.00490. The van der Waals surface area contributed by atoms with Gasteiger partial charge in [-0.3, -0.25) is 9.59 Å². The summed E-state index contributed by atoms with van der Waals surface area (Å²) < 4.78 is 2.30.